The number of amides is 1. The Morgan fingerprint density at radius 2 is 2.17 bits per heavy atom. The summed E-state index contributed by atoms with van der Waals surface area (Å²) in [5, 5.41) is 2.75. The van der Waals surface area contributed by atoms with E-state index in [0.717, 1.165) is 0 Å². The number of H-pyrrole nitrogens is 1. The van der Waals surface area contributed by atoms with Gasteiger partial charge in [0.05, 0.1) is 17.4 Å². The van der Waals surface area contributed by atoms with E-state index >= 15 is 0 Å². The third-order valence-electron chi connectivity index (χ3n) is 3.49. The molecule has 0 aliphatic rings. The molecule has 23 heavy (non-hydrogen) atoms. The first-order valence-electron chi connectivity index (χ1n) is 6.81. The maximum absolute atomic E-state index is 12.3. The van der Waals surface area contributed by atoms with Crippen LogP contribution in [0.5, 0.6) is 0 Å². The zero-order valence-electron chi connectivity index (χ0n) is 12.0. The summed E-state index contributed by atoms with van der Waals surface area (Å²) in [7, 11) is 1.84. The van der Waals surface area contributed by atoms with Crippen molar-refractivity contribution in [1.82, 2.24) is 19.5 Å². The van der Waals surface area contributed by atoms with Crippen molar-refractivity contribution in [2.24, 2.45) is 7.05 Å². The number of anilines is 1. The number of carbonyl (C=O) groups is 1. The predicted molar refractivity (Wildman–Crippen MR) is 83.3 cm³/mol. The minimum atomic E-state index is -0.534. The molecule has 0 unspecified atom stereocenters. The molecule has 114 valence electrons. The van der Waals surface area contributed by atoms with E-state index in [1.807, 2.05) is 7.05 Å². The summed E-state index contributed by atoms with van der Waals surface area (Å²) < 4.78 is 6.70. The third-order valence-corrected chi connectivity index (χ3v) is 3.49. The molecule has 1 aromatic carbocycles. The number of aromatic amines is 1. The van der Waals surface area contributed by atoms with Crippen LogP contribution in [-0.2, 0) is 7.05 Å². The third kappa shape index (κ3) is 2.26. The second-order valence-electron chi connectivity index (χ2n) is 5.10. The number of nitrogens with zero attached hydrogens (tertiary/aromatic N) is 3. The van der Waals surface area contributed by atoms with Crippen LogP contribution in [0.4, 0.5) is 5.69 Å². The summed E-state index contributed by atoms with van der Waals surface area (Å²) in [5.74, 6) is -0.844. The molecule has 0 fully saturated rings. The zero-order chi connectivity index (χ0) is 16.0. The van der Waals surface area contributed by atoms with Crippen LogP contribution in [0.2, 0.25) is 0 Å². The van der Waals surface area contributed by atoms with Crippen LogP contribution in [0.1, 0.15) is 10.4 Å². The van der Waals surface area contributed by atoms with E-state index in [2.05, 4.69) is 20.3 Å². The van der Waals surface area contributed by atoms with Crippen LogP contribution in [0, 0.1) is 0 Å². The van der Waals surface area contributed by atoms with Crippen LogP contribution in [0.25, 0.3) is 22.3 Å². The van der Waals surface area contributed by atoms with Crippen molar-refractivity contribution in [3.63, 3.8) is 0 Å². The van der Waals surface area contributed by atoms with Crippen molar-refractivity contribution in [2.75, 3.05) is 5.32 Å². The molecule has 0 atom stereocenters. The predicted octanol–water partition coefficient (Wildman–Crippen LogP) is 1.66. The molecule has 4 aromatic rings. The quantitative estimate of drug-likeness (QED) is 0.585. The molecule has 3 heterocycles. The molecule has 0 aliphatic carbocycles. The van der Waals surface area contributed by atoms with E-state index in [1.54, 1.807) is 35.2 Å². The SMILES string of the molecule is Cn1cnc2cc(C(=O)Nc3ccc4oc(=O)[nH]c4c3)cnc21. The first kappa shape index (κ1) is 13.3. The molecule has 0 saturated carbocycles. The number of aromatic nitrogens is 4. The number of hydrogen-bond acceptors (Lipinski definition) is 5. The lowest BCUT2D eigenvalue weighted by molar-refractivity contribution is 0.102. The molecule has 8 heteroatoms. The molecule has 0 saturated heterocycles. The topological polar surface area (TPSA) is 106 Å². The van der Waals surface area contributed by atoms with Gasteiger partial charge in [-0.25, -0.2) is 14.8 Å². The minimum absolute atomic E-state index is 0.310. The largest absolute Gasteiger partial charge is 0.417 e. The van der Waals surface area contributed by atoms with Gasteiger partial charge in [0.2, 0.25) is 0 Å². The van der Waals surface area contributed by atoms with Crippen molar-refractivity contribution in [1.29, 1.82) is 0 Å². The van der Waals surface area contributed by atoms with E-state index < -0.39 is 5.76 Å². The summed E-state index contributed by atoms with van der Waals surface area (Å²) in [4.78, 5) is 34.4. The number of rotatable bonds is 2. The van der Waals surface area contributed by atoms with Gasteiger partial charge in [0, 0.05) is 18.9 Å². The second-order valence-corrected chi connectivity index (χ2v) is 5.10. The molecule has 4 rings (SSSR count). The molecular formula is C15H11N5O3. The Morgan fingerprint density at radius 1 is 1.30 bits per heavy atom. The molecule has 0 radical (unpaired) electrons. The summed E-state index contributed by atoms with van der Waals surface area (Å²) in [6.45, 7) is 0. The van der Waals surface area contributed by atoms with Gasteiger partial charge in [-0.05, 0) is 24.3 Å². The second kappa shape index (κ2) is 4.80. The average Bonchev–Trinajstić information content (AvgIpc) is 3.08. The fourth-order valence-electron chi connectivity index (χ4n) is 2.37. The van der Waals surface area contributed by atoms with Crippen molar-refractivity contribution in [3.05, 3.63) is 52.9 Å². The van der Waals surface area contributed by atoms with Gasteiger partial charge in [-0.2, -0.15) is 0 Å². The molecule has 3 aromatic heterocycles. The van der Waals surface area contributed by atoms with Crippen LogP contribution < -0.4 is 11.1 Å². The lowest BCUT2D eigenvalue weighted by Gasteiger charge is -2.05. The van der Waals surface area contributed by atoms with Crippen molar-refractivity contribution >= 4 is 33.9 Å². The zero-order valence-corrected chi connectivity index (χ0v) is 12.0. The summed E-state index contributed by atoms with van der Waals surface area (Å²) in [5.41, 5.74) is 3.25. The van der Waals surface area contributed by atoms with Crippen LogP contribution in [0.3, 0.4) is 0 Å². The van der Waals surface area contributed by atoms with Gasteiger partial charge >= 0.3 is 5.76 Å². The summed E-state index contributed by atoms with van der Waals surface area (Å²) in [6.07, 6.45) is 3.14. The van der Waals surface area contributed by atoms with Gasteiger partial charge in [-0.1, -0.05) is 0 Å². The number of oxazole rings is 1. The van der Waals surface area contributed by atoms with E-state index in [4.69, 9.17) is 4.42 Å². The normalized spacial score (nSPS) is 11.2. The standard InChI is InChI=1S/C15H11N5O3/c1-20-7-17-11-4-8(6-16-13(11)20)14(21)18-9-2-3-12-10(5-9)19-15(22)23-12/h2-7H,1H3,(H,18,21)(H,19,22). The van der Waals surface area contributed by atoms with E-state index in [-0.39, 0.29) is 5.91 Å². The highest BCUT2D eigenvalue weighted by Crippen LogP contribution is 2.17. The number of fused-ring (bicyclic) bond motifs is 2. The van der Waals surface area contributed by atoms with Crippen molar-refractivity contribution < 1.29 is 9.21 Å². The molecule has 8 nitrogen and oxygen atoms in total. The lowest BCUT2D eigenvalue weighted by atomic mass is 10.2. The Morgan fingerprint density at radius 3 is 3.04 bits per heavy atom. The Hall–Kier alpha value is -3.42. The van der Waals surface area contributed by atoms with Gasteiger partial charge in [-0.15, -0.1) is 0 Å². The highest BCUT2D eigenvalue weighted by atomic mass is 16.4. The molecule has 0 bridgehead atoms. The van der Waals surface area contributed by atoms with Gasteiger partial charge in [-0.3, -0.25) is 9.78 Å². The number of benzene rings is 1. The summed E-state index contributed by atoms with van der Waals surface area (Å²) >= 11 is 0. The fourth-order valence-corrected chi connectivity index (χ4v) is 2.37. The molecule has 1 amide bonds. The van der Waals surface area contributed by atoms with Gasteiger partial charge in [0.1, 0.15) is 5.52 Å². The van der Waals surface area contributed by atoms with E-state index in [1.165, 1.54) is 6.20 Å². The van der Waals surface area contributed by atoms with Crippen LogP contribution >= 0.6 is 0 Å². The molecule has 0 spiro atoms. The summed E-state index contributed by atoms with van der Waals surface area (Å²) in [6, 6.07) is 6.58. The highest BCUT2D eigenvalue weighted by Gasteiger charge is 2.11. The monoisotopic (exact) mass is 309 g/mol. The smallest absolute Gasteiger partial charge is 0.408 e. The van der Waals surface area contributed by atoms with Gasteiger partial charge in [0.15, 0.2) is 11.2 Å². The number of carbonyl (C=O) groups excluding carboxylic acids is 1. The first-order chi connectivity index (χ1) is 11.1. The number of pyridine rings is 1. The van der Waals surface area contributed by atoms with Crippen molar-refractivity contribution in [3.8, 4) is 0 Å². The van der Waals surface area contributed by atoms with Crippen LogP contribution in [0.15, 0.2) is 46.0 Å². The van der Waals surface area contributed by atoms with Gasteiger partial charge in [0.25, 0.3) is 5.91 Å². The van der Waals surface area contributed by atoms with Gasteiger partial charge < -0.3 is 14.3 Å². The maximum Gasteiger partial charge on any atom is 0.417 e. The number of aryl methyl sites for hydroxylation is 1. The maximum atomic E-state index is 12.3. The van der Waals surface area contributed by atoms with E-state index in [9.17, 15) is 9.59 Å². The number of nitrogens with one attached hydrogen (secondary N) is 2. The van der Waals surface area contributed by atoms with Crippen LogP contribution in [-0.4, -0.2) is 25.4 Å². The van der Waals surface area contributed by atoms with E-state index in [0.29, 0.717) is 33.5 Å². The average molecular weight is 309 g/mol. The minimum Gasteiger partial charge on any atom is -0.408 e. The number of imidazole rings is 1. The lowest BCUT2D eigenvalue weighted by Crippen LogP contribution is -2.12. The Balaban J connectivity index is 1.65. The Bertz CT molecular complexity index is 1110. The van der Waals surface area contributed by atoms with Crippen molar-refractivity contribution in [2.45, 2.75) is 0 Å². The molecule has 2 N–H and O–H groups in total. The first-order valence-corrected chi connectivity index (χ1v) is 6.81. The highest BCUT2D eigenvalue weighted by molar-refractivity contribution is 6.05. The molecule has 0 aliphatic heterocycles. The Labute approximate surface area is 128 Å². The Kier molecular flexibility index (Phi) is 2.77. The molecular weight excluding hydrogens is 298 g/mol. The number of hydrogen-bond donors (Lipinski definition) is 2. The fraction of sp³-hybridized carbons (Fsp3) is 0.0667.